The molecule has 0 unspecified atom stereocenters. The van der Waals surface area contributed by atoms with E-state index in [1.165, 1.54) is 36.0 Å². The molecule has 2 aromatic carbocycles. The molecular weight excluding hydrogens is 402 g/mol. The maximum atomic E-state index is 4.84. The van der Waals surface area contributed by atoms with Crippen molar-refractivity contribution in [3.8, 4) is 22.4 Å². The van der Waals surface area contributed by atoms with Crippen molar-refractivity contribution in [1.82, 2.24) is 10.3 Å². The molecule has 0 aliphatic rings. The molecule has 3 aromatic rings. The molecule has 0 atom stereocenters. The summed E-state index contributed by atoms with van der Waals surface area (Å²) in [7, 11) is 3.78. The Balaban J connectivity index is 0.000000696. The van der Waals surface area contributed by atoms with E-state index in [9.17, 15) is 0 Å². The predicted octanol–water partition coefficient (Wildman–Crippen LogP) is 8.19. The van der Waals surface area contributed by atoms with Crippen LogP contribution in [0, 0.1) is 6.92 Å². The van der Waals surface area contributed by atoms with Crippen LogP contribution in [0.25, 0.3) is 34.2 Å². The van der Waals surface area contributed by atoms with Gasteiger partial charge >= 0.3 is 0 Å². The maximum absolute atomic E-state index is 4.84. The molecule has 0 aliphatic heterocycles. The van der Waals surface area contributed by atoms with E-state index in [1.54, 1.807) is 0 Å². The van der Waals surface area contributed by atoms with Crippen molar-refractivity contribution in [2.75, 3.05) is 19.4 Å². The highest BCUT2D eigenvalue weighted by molar-refractivity contribution is 5.82. The van der Waals surface area contributed by atoms with Crippen LogP contribution < -0.4 is 10.6 Å². The van der Waals surface area contributed by atoms with E-state index in [2.05, 4.69) is 98.7 Å². The molecule has 0 fully saturated rings. The average molecular weight is 442 g/mol. The molecule has 0 saturated heterocycles. The Bertz CT molecular complexity index is 1040. The normalized spacial score (nSPS) is 10.5. The number of nitrogens with one attached hydrogen (secondary N) is 2. The lowest BCUT2D eigenvalue weighted by Crippen LogP contribution is -2.08. The molecule has 174 valence electrons. The predicted molar refractivity (Wildman–Crippen MR) is 147 cm³/mol. The van der Waals surface area contributed by atoms with E-state index in [0.717, 1.165) is 33.9 Å². The first-order valence-electron chi connectivity index (χ1n) is 11.9. The highest BCUT2D eigenvalue weighted by Crippen LogP contribution is 2.31. The topological polar surface area (TPSA) is 37.0 Å². The first kappa shape index (κ1) is 25.9. The Morgan fingerprint density at radius 2 is 1.45 bits per heavy atom. The molecule has 0 saturated carbocycles. The van der Waals surface area contributed by atoms with Gasteiger partial charge < -0.3 is 10.6 Å². The lowest BCUT2D eigenvalue weighted by atomic mass is 9.99. The van der Waals surface area contributed by atoms with Crippen LogP contribution in [-0.4, -0.2) is 19.1 Å². The molecule has 0 amide bonds. The summed E-state index contributed by atoms with van der Waals surface area (Å²) < 4.78 is 0. The van der Waals surface area contributed by atoms with Crippen LogP contribution in [0.1, 0.15) is 56.7 Å². The van der Waals surface area contributed by atoms with E-state index in [4.69, 9.17) is 4.98 Å². The third kappa shape index (κ3) is 7.08. The van der Waals surface area contributed by atoms with Gasteiger partial charge in [0.25, 0.3) is 0 Å². The number of allylic oxidation sites excluding steroid dienone is 1. The Labute approximate surface area is 200 Å². The summed E-state index contributed by atoms with van der Waals surface area (Å²) in [5.41, 5.74) is 8.61. The van der Waals surface area contributed by atoms with Crippen molar-refractivity contribution < 1.29 is 0 Å². The monoisotopic (exact) mass is 441 g/mol. The zero-order valence-corrected chi connectivity index (χ0v) is 21.1. The fourth-order valence-electron chi connectivity index (χ4n) is 3.55. The SMILES string of the molecule is C=C(NC)c1cc(-c2ccc(-c3ccc(C)cc3)cc2)nc(NC)c1/C=C\C.CCCCC. The van der Waals surface area contributed by atoms with Crippen LogP contribution in [0.4, 0.5) is 5.82 Å². The van der Waals surface area contributed by atoms with Gasteiger partial charge in [-0.15, -0.1) is 0 Å². The molecule has 33 heavy (non-hydrogen) atoms. The van der Waals surface area contributed by atoms with Crippen LogP contribution in [0.2, 0.25) is 0 Å². The Morgan fingerprint density at radius 3 is 1.91 bits per heavy atom. The first-order chi connectivity index (χ1) is 16.0. The number of unbranched alkanes of at least 4 members (excludes halogenated alkanes) is 2. The third-order valence-corrected chi connectivity index (χ3v) is 5.53. The Kier molecular flexibility index (Phi) is 10.4. The molecule has 0 radical (unpaired) electrons. The van der Waals surface area contributed by atoms with Gasteiger partial charge in [-0.3, -0.25) is 0 Å². The smallest absolute Gasteiger partial charge is 0.134 e. The number of pyridine rings is 1. The molecule has 1 aromatic heterocycles. The minimum absolute atomic E-state index is 0.838. The lowest BCUT2D eigenvalue weighted by Gasteiger charge is -2.16. The summed E-state index contributed by atoms with van der Waals surface area (Å²) in [5.74, 6) is 0.838. The third-order valence-electron chi connectivity index (χ3n) is 5.53. The number of aryl methyl sites for hydroxylation is 1. The second kappa shape index (κ2) is 13.3. The van der Waals surface area contributed by atoms with Crippen molar-refractivity contribution in [3.05, 3.63) is 83.9 Å². The number of rotatable bonds is 8. The number of nitrogens with zero attached hydrogens (tertiary/aromatic N) is 1. The van der Waals surface area contributed by atoms with Crippen LogP contribution in [-0.2, 0) is 0 Å². The van der Waals surface area contributed by atoms with Gasteiger partial charge in [-0.2, -0.15) is 0 Å². The highest BCUT2D eigenvalue weighted by Gasteiger charge is 2.13. The maximum Gasteiger partial charge on any atom is 0.134 e. The first-order valence-corrected chi connectivity index (χ1v) is 11.9. The number of aromatic nitrogens is 1. The van der Waals surface area contributed by atoms with Crippen molar-refractivity contribution in [3.63, 3.8) is 0 Å². The zero-order chi connectivity index (χ0) is 24.2. The summed E-state index contributed by atoms with van der Waals surface area (Å²) in [6.45, 7) is 12.7. The van der Waals surface area contributed by atoms with Gasteiger partial charge in [0.2, 0.25) is 0 Å². The summed E-state index contributed by atoms with van der Waals surface area (Å²) >= 11 is 0. The second-order valence-corrected chi connectivity index (χ2v) is 8.09. The number of benzene rings is 2. The minimum Gasteiger partial charge on any atom is -0.388 e. The molecule has 1 heterocycles. The highest BCUT2D eigenvalue weighted by atomic mass is 15.0. The van der Waals surface area contributed by atoms with Crippen LogP contribution in [0.15, 0.2) is 67.3 Å². The molecule has 3 nitrogen and oxygen atoms in total. The molecule has 3 rings (SSSR count). The van der Waals surface area contributed by atoms with Crippen molar-refractivity contribution >= 4 is 17.6 Å². The van der Waals surface area contributed by atoms with E-state index in [0.29, 0.717) is 0 Å². The van der Waals surface area contributed by atoms with Gasteiger partial charge in [-0.1, -0.05) is 106 Å². The largest absolute Gasteiger partial charge is 0.388 e. The number of hydrogen-bond acceptors (Lipinski definition) is 3. The zero-order valence-electron chi connectivity index (χ0n) is 21.1. The standard InChI is InChI=1S/C25H27N3.C5H12/c1-6-7-22-23(18(3)26-4)16-24(28-25(22)27-5)21-14-12-20(13-15-21)19-10-8-17(2)9-11-19;1-3-5-4-2/h6-16,26H,3H2,1-2,4-5H3,(H,27,28);3-5H2,1-2H3/b7-6-;. The quantitative estimate of drug-likeness (QED) is 0.370. The lowest BCUT2D eigenvalue weighted by molar-refractivity contribution is 0.772. The minimum atomic E-state index is 0.838. The Morgan fingerprint density at radius 1 is 0.909 bits per heavy atom. The van der Waals surface area contributed by atoms with Crippen LogP contribution in [0.3, 0.4) is 0 Å². The fourth-order valence-corrected chi connectivity index (χ4v) is 3.55. The van der Waals surface area contributed by atoms with E-state index >= 15 is 0 Å². The van der Waals surface area contributed by atoms with Gasteiger partial charge in [0.1, 0.15) is 5.82 Å². The van der Waals surface area contributed by atoms with Gasteiger partial charge in [-0.05, 0) is 31.0 Å². The van der Waals surface area contributed by atoms with Crippen molar-refractivity contribution in [2.45, 2.75) is 47.0 Å². The van der Waals surface area contributed by atoms with Gasteiger partial charge in [0.15, 0.2) is 0 Å². The van der Waals surface area contributed by atoms with E-state index in [-0.39, 0.29) is 0 Å². The average Bonchev–Trinajstić information content (AvgIpc) is 2.85. The van der Waals surface area contributed by atoms with Gasteiger partial charge in [0.05, 0.1) is 5.69 Å². The molecular formula is C30H39N3. The summed E-state index contributed by atoms with van der Waals surface area (Å²) in [6, 6.07) is 19.2. The van der Waals surface area contributed by atoms with Crippen LogP contribution in [0.5, 0.6) is 0 Å². The molecule has 2 N–H and O–H groups in total. The van der Waals surface area contributed by atoms with Crippen molar-refractivity contribution in [1.29, 1.82) is 0 Å². The van der Waals surface area contributed by atoms with Gasteiger partial charge in [0, 0.05) is 36.5 Å². The second-order valence-electron chi connectivity index (χ2n) is 8.09. The summed E-state index contributed by atoms with van der Waals surface area (Å²) in [5, 5.41) is 6.38. The number of anilines is 1. The molecule has 3 heteroatoms. The van der Waals surface area contributed by atoms with Crippen LogP contribution >= 0.6 is 0 Å². The van der Waals surface area contributed by atoms with E-state index in [1.807, 2.05) is 27.1 Å². The molecule has 0 aliphatic carbocycles. The molecule has 0 spiro atoms. The summed E-state index contributed by atoms with van der Waals surface area (Å²) in [6.07, 6.45) is 8.15. The van der Waals surface area contributed by atoms with Gasteiger partial charge in [-0.25, -0.2) is 4.98 Å². The fraction of sp³-hybridized carbons (Fsp3) is 0.300. The molecule has 0 bridgehead atoms. The summed E-state index contributed by atoms with van der Waals surface area (Å²) in [4.78, 5) is 4.84. The van der Waals surface area contributed by atoms with Crippen molar-refractivity contribution in [2.24, 2.45) is 0 Å². The van der Waals surface area contributed by atoms with E-state index < -0.39 is 0 Å². The number of hydrogen-bond donors (Lipinski definition) is 2. The Hall–Kier alpha value is -3.33.